The van der Waals surface area contributed by atoms with Crippen molar-refractivity contribution in [3.05, 3.63) is 47.5 Å². The number of nitrogens with one attached hydrogen (secondary N) is 1. The molecule has 1 aromatic carbocycles. The minimum atomic E-state index is -0.460. The number of benzene rings is 1. The molecule has 0 aliphatic carbocycles. The summed E-state index contributed by atoms with van der Waals surface area (Å²) >= 11 is 0. The van der Waals surface area contributed by atoms with Crippen molar-refractivity contribution in [2.75, 3.05) is 0 Å². The van der Waals surface area contributed by atoms with Gasteiger partial charge in [0.1, 0.15) is 23.8 Å². The highest BCUT2D eigenvalue weighted by molar-refractivity contribution is 5.19. The maximum absolute atomic E-state index is 13.6. The maximum Gasteiger partial charge on any atom is 0.141 e. The van der Waals surface area contributed by atoms with Gasteiger partial charge in [0.15, 0.2) is 0 Å². The molecule has 0 saturated heterocycles. The summed E-state index contributed by atoms with van der Waals surface area (Å²) in [5, 5.41) is 7.25. The van der Waals surface area contributed by atoms with E-state index in [-0.39, 0.29) is 12.1 Å². The van der Waals surface area contributed by atoms with Gasteiger partial charge in [-0.3, -0.25) is 0 Å². The van der Waals surface area contributed by atoms with E-state index in [4.69, 9.17) is 0 Å². The minimum absolute atomic E-state index is 0.165. The molecule has 19 heavy (non-hydrogen) atoms. The summed E-state index contributed by atoms with van der Waals surface area (Å²) in [7, 11) is 0. The fraction of sp³-hybridized carbons (Fsp3) is 0.385. The zero-order chi connectivity index (χ0) is 13.8. The topological polar surface area (TPSA) is 42.7 Å². The van der Waals surface area contributed by atoms with E-state index >= 15 is 0 Å². The van der Waals surface area contributed by atoms with Crippen LogP contribution in [0.25, 0.3) is 0 Å². The molecule has 2 aromatic rings. The molecule has 6 heteroatoms. The second-order valence-electron chi connectivity index (χ2n) is 4.61. The molecule has 0 unspecified atom stereocenters. The first-order chi connectivity index (χ1) is 9.06. The SMILES string of the molecule is CC(C)NCc1ncnn1Cc1cc(F)ccc1F. The Kier molecular flexibility index (Phi) is 4.21. The Morgan fingerprint density at radius 3 is 2.84 bits per heavy atom. The van der Waals surface area contributed by atoms with Crippen molar-refractivity contribution in [2.24, 2.45) is 0 Å². The van der Waals surface area contributed by atoms with Crippen molar-refractivity contribution >= 4 is 0 Å². The van der Waals surface area contributed by atoms with E-state index < -0.39 is 11.6 Å². The van der Waals surface area contributed by atoms with Gasteiger partial charge in [0, 0.05) is 11.6 Å². The first-order valence-electron chi connectivity index (χ1n) is 6.10. The predicted molar refractivity (Wildman–Crippen MR) is 67.5 cm³/mol. The van der Waals surface area contributed by atoms with Gasteiger partial charge in [-0.05, 0) is 18.2 Å². The summed E-state index contributed by atoms with van der Waals surface area (Å²) in [4.78, 5) is 4.11. The quantitative estimate of drug-likeness (QED) is 0.901. The van der Waals surface area contributed by atoms with Crippen molar-refractivity contribution in [3.63, 3.8) is 0 Å². The van der Waals surface area contributed by atoms with Gasteiger partial charge in [-0.2, -0.15) is 5.10 Å². The molecule has 0 spiro atoms. The van der Waals surface area contributed by atoms with Crippen molar-refractivity contribution in [3.8, 4) is 0 Å². The lowest BCUT2D eigenvalue weighted by molar-refractivity contribution is 0.525. The standard InChI is InChI=1S/C13H16F2N4/c1-9(2)16-6-13-17-8-18-19(13)7-10-5-11(14)3-4-12(10)15/h3-5,8-9,16H,6-7H2,1-2H3. The highest BCUT2D eigenvalue weighted by Gasteiger charge is 2.09. The highest BCUT2D eigenvalue weighted by Crippen LogP contribution is 2.11. The summed E-state index contributed by atoms with van der Waals surface area (Å²) in [5.41, 5.74) is 0.260. The third kappa shape index (κ3) is 3.57. The Balaban J connectivity index is 2.15. The number of rotatable bonds is 5. The number of halogens is 2. The first kappa shape index (κ1) is 13.6. The van der Waals surface area contributed by atoms with Crippen LogP contribution in [0.2, 0.25) is 0 Å². The number of hydrogen-bond donors (Lipinski definition) is 1. The molecule has 1 heterocycles. The fourth-order valence-electron chi connectivity index (χ4n) is 1.68. The van der Waals surface area contributed by atoms with Gasteiger partial charge < -0.3 is 5.32 Å². The van der Waals surface area contributed by atoms with Crippen LogP contribution in [-0.4, -0.2) is 20.8 Å². The van der Waals surface area contributed by atoms with Crippen LogP contribution in [-0.2, 0) is 13.1 Å². The van der Waals surface area contributed by atoms with E-state index in [2.05, 4.69) is 15.4 Å². The van der Waals surface area contributed by atoms with Gasteiger partial charge in [0.25, 0.3) is 0 Å². The molecule has 1 aromatic heterocycles. The van der Waals surface area contributed by atoms with Crippen LogP contribution in [0.15, 0.2) is 24.5 Å². The first-order valence-corrected chi connectivity index (χ1v) is 6.10. The number of nitrogens with zero attached hydrogens (tertiary/aromatic N) is 3. The van der Waals surface area contributed by atoms with Crippen molar-refractivity contribution < 1.29 is 8.78 Å². The van der Waals surface area contributed by atoms with E-state index in [1.807, 2.05) is 13.8 Å². The van der Waals surface area contributed by atoms with Crippen LogP contribution in [0.5, 0.6) is 0 Å². The van der Waals surface area contributed by atoms with Gasteiger partial charge in [-0.1, -0.05) is 13.8 Å². The maximum atomic E-state index is 13.6. The van der Waals surface area contributed by atoms with Crippen molar-refractivity contribution in [2.45, 2.75) is 33.0 Å². The van der Waals surface area contributed by atoms with Gasteiger partial charge >= 0.3 is 0 Å². The predicted octanol–water partition coefficient (Wildman–Crippen LogP) is 2.10. The average Bonchev–Trinajstić information content (AvgIpc) is 2.79. The third-order valence-electron chi connectivity index (χ3n) is 2.69. The monoisotopic (exact) mass is 266 g/mol. The lowest BCUT2D eigenvalue weighted by Crippen LogP contribution is -2.24. The summed E-state index contributed by atoms with van der Waals surface area (Å²) < 4.78 is 28.2. The molecular formula is C13H16F2N4. The largest absolute Gasteiger partial charge is 0.308 e. The van der Waals surface area contributed by atoms with Gasteiger partial charge in [0.05, 0.1) is 13.1 Å². The van der Waals surface area contributed by atoms with Crippen molar-refractivity contribution in [1.29, 1.82) is 0 Å². The molecular weight excluding hydrogens is 250 g/mol. The van der Waals surface area contributed by atoms with Crippen LogP contribution in [0, 0.1) is 11.6 Å². The summed E-state index contributed by atoms with van der Waals surface area (Å²) in [6.45, 7) is 4.74. The fourth-order valence-corrected chi connectivity index (χ4v) is 1.68. The summed E-state index contributed by atoms with van der Waals surface area (Å²) in [6, 6.07) is 3.71. The second-order valence-corrected chi connectivity index (χ2v) is 4.61. The lowest BCUT2D eigenvalue weighted by Gasteiger charge is -2.10. The molecule has 0 aliphatic rings. The summed E-state index contributed by atoms with van der Waals surface area (Å²) in [5.74, 6) is -0.213. The Bertz CT molecular complexity index is 551. The smallest absolute Gasteiger partial charge is 0.141 e. The lowest BCUT2D eigenvalue weighted by atomic mass is 10.2. The zero-order valence-corrected chi connectivity index (χ0v) is 10.9. The molecule has 0 bridgehead atoms. The third-order valence-corrected chi connectivity index (χ3v) is 2.69. The summed E-state index contributed by atoms with van der Waals surface area (Å²) in [6.07, 6.45) is 1.41. The van der Waals surface area contributed by atoms with Crippen molar-refractivity contribution in [1.82, 2.24) is 20.1 Å². The molecule has 0 aliphatic heterocycles. The molecule has 0 radical (unpaired) electrons. The number of aromatic nitrogens is 3. The van der Waals surface area contributed by atoms with E-state index in [1.54, 1.807) is 4.68 Å². The zero-order valence-electron chi connectivity index (χ0n) is 10.9. The Morgan fingerprint density at radius 1 is 1.32 bits per heavy atom. The van der Waals surface area contributed by atoms with Crippen LogP contribution >= 0.6 is 0 Å². The second kappa shape index (κ2) is 5.88. The molecule has 2 rings (SSSR count). The van der Waals surface area contributed by atoms with E-state index in [0.29, 0.717) is 18.4 Å². The molecule has 0 saturated carbocycles. The molecule has 4 nitrogen and oxygen atoms in total. The highest BCUT2D eigenvalue weighted by atomic mass is 19.1. The Labute approximate surface area is 110 Å². The Hall–Kier alpha value is -1.82. The molecule has 102 valence electrons. The molecule has 0 amide bonds. The molecule has 0 fully saturated rings. The van der Waals surface area contributed by atoms with E-state index in [9.17, 15) is 8.78 Å². The average molecular weight is 266 g/mol. The van der Waals surface area contributed by atoms with E-state index in [0.717, 1.165) is 12.1 Å². The molecule has 1 N–H and O–H groups in total. The van der Waals surface area contributed by atoms with Crippen LogP contribution in [0.1, 0.15) is 25.2 Å². The minimum Gasteiger partial charge on any atom is -0.308 e. The van der Waals surface area contributed by atoms with Crippen LogP contribution < -0.4 is 5.32 Å². The van der Waals surface area contributed by atoms with Gasteiger partial charge in [-0.15, -0.1) is 0 Å². The number of hydrogen-bond acceptors (Lipinski definition) is 3. The van der Waals surface area contributed by atoms with Crippen LogP contribution in [0.3, 0.4) is 0 Å². The molecule has 0 atom stereocenters. The van der Waals surface area contributed by atoms with Crippen LogP contribution in [0.4, 0.5) is 8.78 Å². The van der Waals surface area contributed by atoms with Gasteiger partial charge in [0.2, 0.25) is 0 Å². The van der Waals surface area contributed by atoms with E-state index in [1.165, 1.54) is 12.4 Å². The Morgan fingerprint density at radius 2 is 2.11 bits per heavy atom. The van der Waals surface area contributed by atoms with Gasteiger partial charge in [-0.25, -0.2) is 18.4 Å². The normalized spacial score (nSPS) is 11.2.